The van der Waals surface area contributed by atoms with Gasteiger partial charge in [0.25, 0.3) is 0 Å². The van der Waals surface area contributed by atoms with Gasteiger partial charge in [-0.1, -0.05) is 51.8 Å². The molecule has 0 aliphatic heterocycles. The summed E-state index contributed by atoms with van der Waals surface area (Å²) in [4.78, 5) is 0. The zero-order valence-corrected chi connectivity index (χ0v) is 13.0. The molecule has 0 radical (unpaired) electrons. The zero-order valence-electron chi connectivity index (χ0n) is 11.4. The highest BCUT2D eigenvalue weighted by molar-refractivity contribution is 9.10. The van der Waals surface area contributed by atoms with Crippen LogP contribution in [0, 0.1) is 6.92 Å². The summed E-state index contributed by atoms with van der Waals surface area (Å²) in [5.74, 6) is 0. The molecule has 0 aliphatic carbocycles. The van der Waals surface area contributed by atoms with E-state index in [-0.39, 0.29) is 4.47 Å². The van der Waals surface area contributed by atoms with Crippen LogP contribution in [0.5, 0.6) is 0 Å². The maximum Gasteiger partial charge on any atom is 0.417 e. The summed E-state index contributed by atoms with van der Waals surface area (Å²) in [6.45, 7) is 1.98. The van der Waals surface area contributed by atoms with E-state index < -0.39 is 17.8 Å². The van der Waals surface area contributed by atoms with E-state index in [1.807, 2.05) is 31.2 Å². The normalized spacial score (nSPS) is 13.2. The fraction of sp³-hybridized carbons (Fsp3) is 0.250. The van der Waals surface area contributed by atoms with Crippen LogP contribution in [0.25, 0.3) is 0 Å². The minimum Gasteiger partial charge on any atom is -0.324 e. The van der Waals surface area contributed by atoms with E-state index in [4.69, 9.17) is 5.73 Å². The van der Waals surface area contributed by atoms with Crippen LogP contribution >= 0.6 is 15.9 Å². The van der Waals surface area contributed by atoms with Crippen molar-refractivity contribution in [1.82, 2.24) is 0 Å². The number of aryl methyl sites for hydroxylation is 1. The van der Waals surface area contributed by atoms with Gasteiger partial charge in [-0.3, -0.25) is 0 Å². The molecule has 0 saturated carbocycles. The monoisotopic (exact) mass is 357 g/mol. The largest absolute Gasteiger partial charge is 0.417 e. The van der Waals surface area contributed by atoms with Gasteiger partial charge in [0.1, 0.15) is 0 Å². The Morgan fingerprint density at radius 2 is 1.71 bits per heavy atom. The standard InChI is InChI=1S/C16H15BrF3N/c1-10-2-4-11(5-3-10)8-15(21)12-6-7-14(17)13(9-12)16(18,19)20/h2-7,9,15H,8,21H2,1H3. The first-order valence-electron chi connectivity index (χ1n) is 6.45. The van der Waals surface area contributed by atoms with Crippen molar-refractivity contribution < 1.29 is 13.2 Å². The molecule has 0 heterocycles. The van der Waals surface area contributed by atoms with Gasteiger partial charge >= 0.3 is 6.18 Å². The highest BCUT2D eigenvalue weighted by Gasteiger charge is 2.33. The molecule has 0 amide bonds. The van der Waals surface area contributed by atoms with E-state index >= 15 is 0 Å². The molecule has 21 heavy (non-hydrogen) atoms. The fourth-order valence-electron chi connectivity index (χ4n) is 2.09. The minimum atomic E-state index is -4.39. The Labute approximate surface area is 130 Å². The third-order valence-electron chi connectivity index (χ3n) is 3.30. The van der Waals surface area contributed by atoms with Gasteiger partial charge in [0.05, 0.1) is 5.56 Å². The van der Waals surface area contributed by atoms with Crippen molar-refractivity contribution in [3.8, 4) is 0 Å². The van der Waals surface area contributed by atoms with Gasteiger partial charge in [0, 0.05) is 10.5 Å². The number of rotatable bonds is 3. The Bertz CT molecular complexity index is 620. The molecule has 112 valence electrons. The van der Waals surface area contributed by atoms with Crippen molar-refractivity contribution in [3.63, 3.8) is 0 Å². The molecular formula is C16H15BrF3N. The van der Waals surface area contributed by atoms with E-state index in [0.717, 1.165) is 17.2 Å². The van der Waals surface area contributed by atoms with Gasteiger partial charge in [-0.05, 0) is 36.6 Å². The lowest BCUT2D eigenvalue weighted by Gasteiger charge is -2.16. The molecule has 0 aliphatic rings. The summed E-state index contributed by atoms with van der Waals surface area (Å²) in [5.41, 5.74) is 7.97. The van der Waals surface area contributed by atoms with Crippen LogP contribution in [0.15, 0.2) is 46.9 Å². The van der Waals surface area contributed by atoms with E-state index in [1.54, 1.807) is 6.07 Å². The lowest BCUT2D eigenvalue weighted by Crippen LogP contribution is -2.15. The molecule has 2 rings (SSSR count). The number of alkyl halides is 3. The van der Waals surface area contributed by atoms with Crippen LogP contribution in [0.3, 0.4) is 0 Å². The van der Waals surface area contributed by atoms with Crippen LogP contribution in [0.2, 0.25) is 0 Å². The summed E-state index contributed by atoms with van der Waals surface area (Å²) in [6, 6.07) is 11.5. The van der Waals surface area contributed by atoms with Gasteiger partial charge < -0.3 is 5.73 Å². The molecule has 2 aromatic carbocycles. The van der Waals surface area contributed by atoms with E-state index in [2.05, 4.69) is 15.9 Å². The van der Waals surface area contributed by atoms with Crippen LogP contribution in [0.4, 0.5) is 13.2 Å². The number of benzene rings is 2. The van der Waals surface area contributed by atoms with Crippen molar-refractivity contribution in [2.75, 3.05) is 0 Å². The maximum absolute atomic E-state index is 12.9. The summed E-state index contributed by atoms with van der Waals surface area (Å²) in [6.07, 6.45) is -3.89. The van der Waals surface area contributed by atoms with Gasteiger partial charge in [0.15, 0.2) is 0 Å². The summed E-state index contributed by atoms with van der Waals surface area (Å²) in [5, 5.41) is 0. The Morgan fingerprint density at radius 3 is 2.29 bits per heavy atom. The first kappa shape index (κ1) is 16.0. The average molecular weight is 358 g/mol. The van der Waals surface area contributed by atoms with Crippen molar-refractivity contribution in [2.45, 2.75) is 25.6 Å². The van der Waals surface area contributed by atoms with E-state index in [1.165, 1.54) is 6.07 Å². The smallest absolute Gasteiger partial charge is 0.324 e. The van der Waals surface area contributed by atoms with E-state index in [9.17, 15) is 13.2 Å². The molecule has 1 atom stereocenters. The third-order valence-corrected chi connectivity index (χ3v) is 3.99. The minimum absolute atomic E-state index is 0.0290. The quantitative estimate of drug-likeness (QED) is 0.819. The predicted molar refractivity (Wildman–Crippen MR) is 81.0 cm³/mol. The van der Waals surface area contributed by atoms with Crippen molar-refractivity contribution in [1.29, 1.82) is 0 Å². The topological polar surface area (TPSA) is 26.0 Å². The molecule has 1 unspecified atom stereocenters. The second-order valence-electron chi connectivity index (χ2n) is 5.03. The van der Waals surface area contributed by atoms with Crippen LogP contribution < -0.4 is 5.73 Å². The molecule has 0 saturated heterocycles. The van der Waals surface area contributed by atoms with E-state index in [0.29, 0.717) is 12.0 Å². The van der Waals surface area contributed by atoms with Crippen molar-refractivity contribution in [2.24, 2.45) is 5.73 Å². The molecule has 0 fully saturated rings. The number of hydrogen-bond donors (Lipinski definition) is 1. The highest BCUT2D eigenvalue weighted by atomic mass is 79.9. The highest BCUT2D eigenvalue weighted by Crippen LogP contribution is 2.36. The summed E-state index contributed by atoms with van der Waals surface area (Å²) < 4.78 is 38.7. The fourth-order valence-corrected chi connectivity index (χ4v) is 2.56. The average Bonchev–Trinajstić information content (AvgIpc) is 2.40. The van der Waals surface area contributed by atoms with Crippen LogP contribution in [0.1, 0.15) is 28.3 Å². The van der Waals surface area contributed by atoms with Crippen molar-refractivity contribution in [3.05, 3.63) is 69.2 Å². The Hall–Kier alpha value is -1.33. The first-order valence-corrected chi connectivity index (χ1v) is 7.24. The predicted octanol–water partition coefficient (Wildman–Crippen LogP) is 5.02. The Morgan fingerprint density at radius 1 is 1.10 bits per heavy atom. The molecule has 5 heteroatoms. The molecule has 2 aromatic rings. The van der Waals surface area contributed by atoms with Gasteiger partial charge in [-0.25, -0.2) is 0 Å². The SMILES string of the molecule is Cc1ccc(CC(N)c2ccc(Br)c(C(F)(F)F)c2)cc1. The molecule has 0 bridgehead atoms. The third kappa shape index (κ3) is 4.08. The summed E-state index contributed by atoms with van der Waals surface area (Å²) >= 11 is 2.93. The molecule has 1 nitrogen and oxygen atoms in total. The second-order valence-corrected chi connectivity index (χ2v) is 5.89. The van der Waals surface area contributed by atoms with Crippen molar-refractivity contribution >= 4 is 15.9 Å². The first-order chi connectivity index (χ1) is 9.77. The molecule has 0 spiro atoms. The van der Waals surface area contributed by atoms with Gasteiger partial charge in [0.2, 0.25) is 0 Å². The summed E-state index contributed by atoms with van der Waals surface area (Å²) in [7, 11) is 0. The molecule has 2 N–H and O–H groups in total. The number of halogens is 4. The number of nitrogens with two attached hydrogens (primary N) is 1. The van der Waals surface area contributed by atoms with Gasteiger partial charge in [-0.2, -0.15) is 13.2 Å². The second kappa shape index (κ2) is 6.20. The molecular weight excluding hydrogens is 343 g/mol. The lowest BCUT2D eigenvalue weighted by molar-refractivity contribution is -0.138. The Balaban J connectivity index is 2.23. The Kier molecular flexibility index (Phi) is 4.74. The zero-order chi connectivity index (χ0) is 15.6. The molecule has 0 aromatic heterocycles. The van der Waals surface area contributed by atoms with Gasteiger partial charge in [-0.15, -0.1) is 0 Å². The van der Waals surface area contributed by atoms with Crippen LogP contribution in [-0.4, -0.2) is 0 Å². The number of hydrogen-bond acceptors (Lipinski definition) is 1. The van der Waals surface area contributed by atoms with Crippen LogP contribution in [-0.2, 0) is 12.6 Å². The lowest BCUT2D eigenvalue weighted by atomic mass is 9.97. The maximum atomic E-state index is 12.9.